The van der Waals surface area contributed by atoms with Crippen LogP contribution in [0.4, 0.5) is 9.59 Å². The molecule has 0 aromatic heterocycles. The Bertz CT molecular complexity index is 3470. The number of ether oxygens (including phenoxy) is 12. The molecule has 0 aliphatic carbocycles. The Labute approximate surface area is 733 Å². The number of carbonyl (C=O) groups excluding carboxylic acids is 5. The molecule has 3 radical (unpaired) electrons. The fraction of sp³-hybridized carbons (Fsp3) is 0.827. The first-order chi connectivity index (χ1) is 54.8. The van der Waals surface area contributed by atoms with Crippen molar-refractivity contribution in [3.63, 3.8) is 0 Å². The van der Waals surface area contributed by atoms with Gasteiger partial charge in [-0.15, -0.1) is 13.2 Å². The van der Waals surface area contributed by atoms with Crippen LogP contribution in [0.15, 0.2) is 58.2 Å². The molecule has 0 aromatic carbocycles. The average molecular weight is 1730 g/mol. The number of rotatable bonds is 44. The van der Waals surface area contributed by atoms with Gasteiger partial charge >= 0.3 is 53.7 Å². The van der Waals surface area contributed by atoms with Crippen molar-refractivity contribution in [2.75, 3.05) is 75.1 Å². The minimum atomic E-state index is -1.21. The first-order valence-corrected chi connectivity index (χ1v) is 42.3. The van der Waals surface area contributed by atoms with Crippen molar-refractivity contribution in [3.8, 4) is 0 Å². The number of esters is 2. The second-order valence-corrected chi connectivity index (χ2v) is 35.4. The summed E-state index contributed by atoms with van der Waals surface area (Å²) in [6.45, 7) is 47.1. The summed E-state index contributed by atoms with van der Waals surface area (Å²) in [5, 5.41) is 38.6. The zero-order chi connectivity index (χ0) is 89.1. The third kappa shape index (κ3) is 29.6. The summed E-state index contributed by atoms with van der Waals surface area (Å²) in [6, 6.07) is -1.78. The third-order valence-electron chi connectivity index (χ3n) is 23.0. The number of hydrogen-bond acceptors (Lipinski definition) is 28. The third-order valence-corrected chi connectivity index (χ3v) is 24.7. The van der Waals surface area contributed by atoms with E-state index in [1.54, 1.807) is 91.6 Å². The van der Waals surface area contributed by atoms with Crippen molar-refractivity contribution in [2.24, 2.45) is 39.6 Å². The fourth-order valence-electron chi connectivity index (χ4n) is 16.9. The second kappa shape index (κ2) is 51.1. The van der Waals surface area contributed by atoms with Crippen LogP contribution in [0.25, 0.3) is 20.9 Å². The number of aliphatic hydroxyl groups excluding tert-OH is 2. The number of aldehydes is 1. The van der Waals surface area contributed by atoms with Gasteiger partial charge in [0.25, 0.3) is 0 Å². The van der Waals surface area contributed by atoms with Crippen LogP contribution < -0.4 is 40.6 Å². The molecule has 0 aromatic rings. The van der Waals surface area contributed by atoms with E-state index in [2.05, 4.69) is 45.5 Å². The summed E-state index contributed by atoms with van der Waals surface area (Å²) < 4.78 is 98.5. The van der Waals surface area contributed by atoms with Crippen LogP contribution in [0.3, 0.4) is 0 Å². The van der Waals surface area contributed by atoms with Gasteiger partial charge in [-0.25, -0.2) is 19.2 Å². The number of nitrogens with one attached hydrogen (secondary N) is 1. The van der Waals surface area contributed by atoms with E-state index in [0.717, 1.165) is 6.29 Å². The van der Waals surface area contributed by atoms with Crippen LogP contribution in [0.5, 0.6) is 0 Å². The molecule has 0 saturated carbocycles. The second-order valence-electron chi connectivity index (χ2n) is 33.7. The molecule has 4 fully saturated rings. The summed E-state index contributed by atoms with van der Waals surface area (Å²) in [7, 11) is 10.8. The molecule has 24 atom stereocenters. The molecule has 6 rings (SSSR count). The molecule has 0 spiro atoms. The summed E-state index contributed by atoms with van der Waals surface area (Å²) in [5.41, 5.74) is 18.7. The van der Waals surface area contributed by atoms with E-state index in [-0.39, 0.29) is 103 Å². The summed E-state index contributed by atoms with van der Waals surface area (Å²) in [4.78, 5) is 75.8. The molecule has 34 nitrogen and oxygen atoms in total. The Hall–Kier alpha value is -5.40. The number of methoxy groups -OCH3 is 2. The van der Waals surface area contributed by atoms with Gasteiger partial charge in [-0.05, 0) is 184 Å². The Morgan fingerprint density at radius 3 is 1.40 bits per heavy atom. The van der Waals surface area contributed by atoms with Crippen LogP contribution in [0, 0.1) is 35.5 Å². The maximum atomic E-state index is 13.4. The van der Waals surface area contributed by atoms with Crippen molar-refractivity contribution in [1.29, 1.82) is 5.26 Å². The summed E-state index contributed by atoms with van der Waals surface area (Å²) >= 11 is 0. The SMILES string of the molecule is C=CC[C@@H](N)[C@H]1N(CCCCN=[N+]=[N-])C(=O)O[C@]1(C)[C@H](O)CC.C=CC[C@@H](NC[C@H](C)C[C@@](C)(OC)[C@H](O[C@@H]1OC(C)CC(N(C)C)C1P=O)[C@@H](C)C1=C(C)C(=O)OC(C)(C)O1)[C@H]1N(CCCCN=[N+]=[N-])C(=O)O[C@]1(C)[C@H](O)CC.CO[C@](C)(C[C@@H](C)C=O)[C@H](O[C@@H]1OC(C)CC(N(C)C)C1P=O)[C@@H](C)C1=C(C)C(=O)OC(C)(C)O1.[B].[C-]#N.[Na+]. The van der Waals surface area contributed by atoms with Gasteiger partial charge in [0.15, 0.2) is 40.7 Å². The van der Waals surface area contributed by atoms with Crippen molar-refractivity contribution < 1.29 is 130 Å². The van der Waals surface area contributed by atoms with Gasteiger partial charge in [0.2, 0.25) is 11.6 Å². The number of hydrogen-bond donors (Lipinski definition) is 4. The zero-order valence-electron chi connectivity index (χ0n) is 75.3. The van der Waals surface area contributed by atoms with Gasteiger partial charge in [-0.3, -0.25) is 18.9 Å². The topological polar surface area (TPSA) is 443 Å². The Morgan fingerprint density at radius 2 is 1.06 bits per heavy atom. The first kappa shape index (κ1) is 112. The molecule has 6 aliphatic rings. The van der Waals surface area contributed by atoms with Crippen LogP contribution >= 0.6 is 16.9 Å². The van der Waals surface area contributed by atoms with Gasteiger partial charge in [0.05, 0.1) is 71.1 Å². The van der Waals surface area contributed by atoms with E-state index in [1.807, 2.05) is 100 Å². The smallest absolute Gasteiger partial charge is 0.512 e. The van der Waals surface area contributed by atoms with E-state index in [4.69, 9.17) is 85.5 Å². The van der Waals surface area contributed by atoms with Crippen LogP contribution in [0.2, 0.25) is 0 Å². The molecule has 5 N–H and O–H groups in total. The number of nitrogens with zero attached hydrogens (tertiary/aromatic N) is 11. The van der Waals surface area contributed by atoms with Crippen LogP contribution in [-0.4, -0.2) is 275 Å². The molecule has 119 heavy (non-hydrogen) atoms. The monoisotopic (exact) mass is 1720 g/mol. The molecule has 38 heteroatoms. The van der Waals surface area contributed by atoms with Gasteiger partial charge in [-0.2, -0.15) is 0 Å². The van der Waals surface area contributed by atoms with Gasteiger partial charge < -0.3 is 105 Å². The largest absolute Gasteiger partial charge is 1.00 e. The molecular weight excluding hydrogens is 1590 g/mol. The summed E-state index contributed by atoms with van der Waals surface area (Å²) in [5.74, 6) is -3.84. The quantitative estimate of drug-likeness (QED) is 0.00376. The van der Waals surface area contributed by atoms with Gasteiger partial charge in [0.1, 0.15) is 29.1 Å². The molecule has 667 valence electrons. The number of unbranched alkanes of at least 4 members (excludes halogenated alkanes) is 2. The Morgan fingerprint density at radius 1 is 0.681 bits per heavy atom. The minimum Gasteiger partial charge on any atom is -0.512 e. The van der Waals surface area contributed by atoms with E-state index in [9.17, 15) is 43.3 Å². The number of carbonyl (C=O) groups is 5. The Balaban J connectivity index is 0.000000969. The number of azide groups is 2. The molecule has 6 heterocycles. The normalized spacial score (nSPS) is 28.7. The molecule has 6 unspecified atom stereocenters. The maximum absolute atomic E-state index is 13.4. The van der Waals surface area contributed by atoms with E-state index < -0.39 is 130 Å². The van der Waals surface area contributed by atoms with E-state index in [0.29, 0.717) is 132 Å². The molecule has 0 bridgehead atoms. The van der Waals surface area contributed by atoms with Crippen molar-refractivity contribution >= 4 is 55.7 Å². The molecule has 6 aliphatic heterocycles. The number of amides is 2. The molecule has 2 amide bonds. The van der Waals surface area contributed by atoms with Gasteiger partial charge in [-0.1, -0.05) is 63.9 Å². The predicted octanol–water partition coefficient (Wildman–Crippen LogP) is 9.72. The maximum Gasteiger partial charge on any atom is 1.00 e. The van der Waals surface area contributed by atoms with E-state index in [1.165, 1.54) is 0 Å². The Kier molecular flexibility index (Phi) is 48.0. The number of nitrogens with two attached hydrogens (primary N) is 1. The predicted molar refractivity (Wildman–Crippen MR) is 446 cm³/mol. The summed E-state index contributed by atoms with van der Waals surface area (Å²) in [6.07, 6.45) is 4.85. The van der Waals surface area contributed by atoms with Crippen molar-refractivity contribution in [2.45, 2.75) is 332 Å². The average Bonchev–Trinajstić information content (AvgIpc) is 1.70. The number of aliphatic hydroxyl groups is 2. The fourth-order valence-corrected chi connectivity index (χ4v) is 18.4. The van der Waals surface area contributed by atoms with E-state index >= 15 is 0 Å². The standard InChI is InChI=1S/C40H69N6O10P.C25H42NO8P.C15H27N5O3.CN.B.Na/c1-14-18-28(33-40(10,30(47)15-2)56-37(49)46(33)20-17-16-19-43-44-41)42-23-24(3)22-39(9,51-13)34(26(5)31-27(6)35(48)55-38(7,8)54-31)53-36-32(57-50)29(45(11)12)21-25(4)52-36;1-14(13-27)12-25(7,30-10)21(16(3)19-17(4)22(28)34-24(5,6)33-19)32-23-20(35-29)18(26(8)9)11-15(2)31-23;1-4-8-11(16)13-15(3,12(21)5-2)23-14(22)20(13)10-7-6-9-18-19-17;1-2;;/h14,24-26,28-30,32-34,36,42,47H,1,15-23H2,2-13H3;13-16,18,20-21,23H,11-12H2,1-10H3;4,11-13,21H,1,5-10,16H2,2-3H3;;;/q;;;-1;;+1/t24-,25?,26+,28-,29?,30-,32?,33-,34-,36+,39-,40-;14-,15?,16+,18?,20?,21-,23+,25-;11-,12-,13-,15-;;;/m111.../s1. The van der Waals surface area contributed by atoms with Crippen LogP contribution in [0.1, 0.15) is 202 Å². The molecular formula is C81H138BN13NaO21P2. The molecule has 4 saturated heterocycles. The van der Waals surface area contributed by atoms with Crippen molar-refractivity contribution in [3.05, 3.63) is 75.4 Å². The minimum absolute atomic E-state index is 0. The van der Waals surface area contributed by atoms with Crippen molar-refractivity contribution in [1.82, 2.24) is 24.9 Å². The van der Waals surface area contributed by atoms with Crippen LogP contribution in [-0.2, 0) is 80.4 Å². The zero-order valence-corrected chi connectivity index (χ0v) is 79.1. The number of cyclic esters (lactones) is 4. The first-order valence-electron chi connectivity index (χ1n) is 40.6. The van der Waals surface area contributed by atoms with Gasteiger partial charge in [0, 0.05) is 128 Å².